The van der Waals surface area contributed by atoms with Crippen LogP contribution in [0.2, 0.25) is 0 Å². The average molecular weight is 241 g/mol. The Labute approximate surface area is 97.8 Å². The van der Waals surface area contributed by atoms with E-state index in [-0.39, 0.29) is 5.75 Å². The molecule has 0 heterocycles. The summed E-state index contributed by atoms with van der Waals surface area (Å²) in [7, 11) is -3.13. The predicted octanol–water partition coefficient (Wildman–Crippen LogP) is 2.69. The Bertz CT molecular complexity index is 426. The van der Waals surface area contributed by atoms with Crippen LogP contribution >= 0.6 is 0 Å². The zero-order chi connectivity index (χ0) is 12.0. The maximum atomic E-state index is 12.0. The van der Waals surface area contributed by atoms with Crippen molar-refractivity contribution in [3.63, 3.8) is 0 Å². The first-order chi connectivity index (χ1) is 7.61. The third kappa shape index (κ3) is 3.23. The van der Waals surface area contributed by atoms with Gasteiger partial charge in [0.15, 0.2) is 9.84 Å². The minimum atomic E-state index is -3.13. The predicted molar refractivity (Wildman–Crippen MR) is 67.6 cm³/mol. The van der Waals surface area contributed by atoms with Crippen molar-refractivity contribution in [2.75, 3.05) is 17.6 Å². The molecule has 3 nitrogen and oxygen atoms in total. The Morgan fingerprint density at radius 3 is 2.44 bits per heavy atom. The molecule has 0 saturated heterocycles. The summed E-state index contributed by atoms with van der Waals surface area (Å²) in [5.74, 6) is 0.206. The Morgan fingerprint density at radius 2 is 1.81 bits per heavy atom. The fourth-order valence-electron chi connectivity index (χ4n) is 1.52. The Balaban J connectivity index is 3.03. The zero-order valence-corrected chi connectivity index (χ0v) is 10.7. The third-order valence-electron chi connectivity index (χ3n) is 2.26. The van der Waals surface area contributed by atoms with Crippen molar-refractivity contribution in [3.8, 4) is 0 Å². The van der Waals surface area contributed by atoms with Gasteiger partial charge in [0.2, 0.25) is 0 Å². The lowest BCUT2D eigenvalue weighted by molar-refractivity contribution is 0.595. The third-order valence-corrected chi connectivity index (χ3v) is 4.23. The highest BCUT2D eigenvalue weighted by Crippen LogP contribution is 2.22. The van der Waals surface area contributed by atoms with Crippen molar-refractivity contribution in [2.24, 2.45) is 0 Å². The topological polar surface area (TPSA) is 46.2 Å². The van der Waals surface area contributed by atoms with Crippen molar-refractivity contribution in [2.45, 2.75) is 31.6 Å². The maximum absolute atomic E-state index is 12.0. The normalized spacial score (nSPS) is 11.4. The smallest absolute Gasteiger partial charge is 0.180 e. The summed E-state index contributed by atoms with van der Waals surface area (Å²) in [6.45, 7) is 4.72. The Hall–Kier alpha value is -1.03. The molecular formula is C12H19NO2S. The highest BCUT2D eigenvalue weighted by atomic mass is 32.2. The molecule has 16 heavy (non-hydrogen) atoms. The van der Waals surface area contributed by atoms with Crippen LogP contribution in [0.3, 0.4) is 0 Å². The average Bonchev–Trinajstić information content (AvgIpc) is 2.26. The van der Waals surface area contributed by atoms with Crippen molar-refractivity contribution in [1.29, 1.82) is 0 Å². The van der Waals surface area contributed by atoms with Crippen LogP contribution in [0.1, 0.15) is 26.7 Å². The van der Waals surface area contributed by atoms with Crippen LogP contribution in [-0.4, -0.2) is 20.7 Å². The Kier molecular flexibility index (Phi) is 4.80. The summed E-state index contributed by atoms with van der Waals surface area (Å²) in [6, 6.07) is 7.10. The second kappa shape index (κ2) is 5.89. The molecule has 0 radical (unpaired) electrons. The van der Waals surface area contributed by atoms with Gasteiger partial charge in [0.1, 0.15) is 0 Å². The number of benzene rings is 1. The molecule has 1 N–H and O–H groups in total. The summed E-state index contributed by atoms with van der Waals surface area (Å²) < 4.78 is 24.0. The SMILES string of the molecule is CCCNc1ccccc1S(=O)(=O)CCC. The van der Waals surface area contributed by atoms with Crippen LogP contribution in [-0.2, 0) is 9.84 Å². The number of rotatable bonds is 6. The summed E-state index contributed by atoms with van der Waals surface area (Å²) in [4.78, 5) is 0.422. The molecule has 0 saturated carbocycles. The van der Waals surface area contributed by atoms with Crippen LogP contribution in [0, 0.1) is 0 Å². The highest BCUT2D eigenvalue weighted by Gasteiger charge is 2.16. The van der Waals surface area contributed by atoms with Crippen LogP contribution in [0.25, 0.3) is 0 Å². The first kappa shape index (κ1) is 13.0. The van der Waals surface area contributed by atoms with E-state index in [1.807, 2.05) is 19.1 Å². The van der Waals surface area contributed by atoms with Crippen molar-refractivity contribution in [1.82, 2.24) is 0 Å². The lowest BCUT2D eigenvalue weighted by Crippen LogP contribution is -2.10. The van der Waals surface area contributed by atoms with E-state index in [1.165, 1.54) is 0 Å². The molecule has 0 fully saturated rings. The second-order valence-electron chi connectivity index (χ2n) is 3.74. The minimum absolute atomic E-state index is 0.206. The van der Waals surface area contributed by atoms with E-state index in [4.69, 9.17) is 0 Å². The lowest BCUT2D eigenvalue weighted by atomic mass is 10.3. The van der Waals surface area contributed by atoms with Gasteiger partial charge < -0.3 is 5.32 Å². The molecule has 0 aliphatic carbocycles. The van der Waals surface area contributed by atoms with E-state index in [0.29, 0.717) is 11.3 Å². The van der Waals surface area contributed by atoms with Gasteiger partial charge in [0.05, 0.1) is 16.3 Å². The van der Waals surface area contributed by atoms with Crippen LogP contribution in [0.5, 0.6) is 0 Å². The molecule has 0 aliphatic rings. The summed E-state index contributed by atoms with van der Waals surface area (Å²) in [5, 5.41) is 3.15. The molecule has 0 atom stereocenters. The van der Waals surface area contributed by atoms with Gasteiger partial charge in [-0.25, -0.2) is 8.42 Å². The van der Waals surface area contributed by atoms with Gasteiger partial charge in [-0.3, -0.25) is 0 Å². The molecule has 0 bridgehead atoms. The molecule has 0 aliphatic heterocycles. The molecule has 4 heteroatoms. The van der Waals surface area contributed by atoms with Crippen molar-refractivity contribution < 1.29 is 8.42 Å². The summed E-state index contributed by atoms with van der Waals surface area (Å²) >= 11 is 0. The van der Waals surface area contributed by atoms with Gasteiger partial charge >= 0.3 is 0 Å². The van der Waals surface area contributed by atoms with Gasteiger partial charge in [-0.2, -0.15) is 0 Å². The second-order valence-corrected chi connectivity index (χ2v) is 5.82. The van der Waals surface area contributed by atoms with Crippen LogP contribution in [0.4, 0.5) is 5.69 Å². The molecule has 0 amide bonds. The summed E-state index contributed by atoms with van der Waals surface area (Å²) in [6.07, 6.45) is 1.62. The number of nitrogens with one attached hydrogen (secondary N) is 1. The zero-order valence-electron chi connectivity index (χ0n) is 9.86. The van der Waals surface area contributed by atoms with Gasteiger partial charge in [-0.15, -0.1) is 0 Å². The number of anilines is 1. The maximum Gasteiger partial charge on any atom is 0.180 e. The number of para-hydroxylation sites is 1. The highest BCUT2D eigenvalue weighted by molar-refractivity contribution is 7.91. The monoisotopic (exact) mass is 241 g/mol. The number of hydrogen-bond donors (Lipinski definition) is 1. The fraction of sp³-hybridized carbons (Fsp3) is 0.500. The number of sulfone groups is 1. The summed E-state index contributed by atoms with van der Waals surface area (Å²) in [5.41, 5.74) is 0.720. The van der Waals surface area contributed by atoms with Gasteiger partial charge in [-0.1, -0.05) is 26.0 Å². The molecule has 0 unspecified atom stereocenters. The first-order valence-electron chi connectivity index (χ1n) is 5.67. The fourth-order valence-corrected chi connectivity index (χ4v) is 3.04. The van der Waals surface area contributed by atoms with Crippen LogP contribution < -0.4 is 5.32 Å². The quantitative estimate of drug-likeness (QED) is 0.833. The van der Waals surface area contributed by atoms with E-state index in [2.05, 4.69) is 12.2 Å². The molecule has 1 aromatic carbocycles. The van der Waals surface area contributed by atoms with Crippen LogP contribution in [0.15, 0.2) is 29.2 Å². The molecule has 90 valence electrons. The molecule has 1 rings (SSSR count). The van der Waals surface area contributed by atoms with E-state index in [1.54, 1.807) is 12.1 Å². The first-order valence-corrected chi connectivity index (χ1v) is 7.32. The van der Waals surface area contributed by atoms with Crippen molar-refractivity contribution in [3.05, 3.63) is 24.3 Å². The molecular weight excluding hydrogens is 222 g/mol. The molecule has 0 spiro atoms. The van der Waals surface area contributed by atoms with Gasteiger partial charge in [-0.05, 0) is 25.0 Å². The number of hydrogen-bond acceptors (Lipinski definition) is 3. The van der Waals surface area contributed by atoms with E-state index < -0.39 is 9.84 Å². The molecule has 1 aromatic rings. The Morgan fingerprint density at radius 1 is 1.12 bits per heavy atom. The van der Waals surface area contributed by atoms with E-state index in [0.717, 1.165) is 18.7 Å². The van der Waals surface area contributed by atoms with E-state index >= 15 is 0 Å². The molecule has 0 aromatic heterocycles. The largest absolute Gasteiger partial charge is 0.384 e. The van der Waals surface area contributed by atoms with Gasteiger partial charge in [0, 0.05) is 6.54 Å². The van der Waals surface area contributed by atoms with Crippen molar-refractivity contribution >= 4 is 15.5 Å². The minimum Gasteiger partial charge on any atom is -0.384 e. The lowest BCUT2D eigenvalue weighted by Gasteiger charge is -2.11. The standard InChI is InChI=1S/C12H19NO2S/c1-3-9-13-11-7-5-6-8-12(11)16(14,15)10-4-2/h5-8,13H,3-4,9-10H2,1-2H3. The van der Waals surface area contributed by atoms with Gasteiger partial charge in [0.25, 0.3) is 0 Å². The van der Waals surface area contributed by atoms with E-state index in [9.17, 15) is 8.42 Å².